The predicted molar refractivity (Wildman–Crippen MR) is 114 cm³/mol. The number of nitrogens with zero attached hydrogens (tertiary/aromatic N) is 3. The van der Waals surface area contributed by atoms with Gasteiger partial charge in [-0.15, -0.1) is 0 Å². The molecule has 2 amide bonds. The van der Waals surface area contributed by atoms with Crippen molar-refractivity contribution in [3.63, 3.8) is 0 Å². The molecule has 158 valence electrons. The average Bonchev–Trinajstić information content (AvgIpc) is 2.74. The van der Waals surface area contributed by atoms with Crippen molar-refractivity contribution < 1.29 is 18.7 Å². The molecule has 4 rings (SSSR count). The van der Waals surface area contributed by atoms with Crippen LogP contribution in [0.2, 0.25) is 10.0 Å². The first kappa shape index (κ1) is 20.9. The first-order valence-electron chi connectivity index (χ1n) is 9.61. The maximum Gasteiger partial charge on any atom is 0.316 e. The van der Waals surface area contributed by atoms with Crippen molar-refractivity contribution in [3.05, 3.63) is 57.8 Å². The third-order valence-corrected chi connectivity index (χ3v) is 5.85. The minimum atomic E-state index is -0.630. The first-order valence-corrected chi connectivity index (χ1v) is 10.4. The van der Waals surface area contributed by atoms with Crippen molar-refractivity contribution >= 4 is 46.4 Å². The van der Waals surface area contributed by atoms with Crippen LogP contribution in [0.25, 0.3) is 0 Å². The van der Waals surface area contributed by atoms with E-state index in [1.54, 1.807) is 12.1 Å². The summed E-state index contributed by atoms with van der Waals surface area (Å²) < 4.78 is 18.7. The number of morpholine rings is 1. The van der Waals surface area contributed by atoms with Gasteiger partial charge in [-0.1, -0.05) is 29.3 Å². The summed E-state index contributed by atoms with van der Waals surface area (Å²) in [5.41, 5.74) is 2.05. The highest BCUT2D eigenvalue weighted by Gasteiger charge is 2.35. The lowest BCUT2D eigenvalue weighted by atomic mass is 10.1. The summed E-state index contributed by atoms with van der Waals surface area (Å²) in [6.07, 6.45) is 0. The van der Waals surface area contributed by atoms with Crippen LogP contribution in [0.3, 0.4) is 0 Å². The van der Waals surface area contributed by atoms with Gasteiger partial charge in [0.05, 0.1) is 24.6 Å². The fourth-order valence-electron chi connectivity index (χ4n) is 3.70. The SMILES string of the molecule is O=C1C(=O)N(c2cc(Cl)ccc2N2CCOCC2)CCN1Cc1ccc(F)cc1Cl. The second-order valence-electron chi connectivity index (χ2n) is 7.15. The number of halogens is 3. The Bertz CT molecular complexity index is 982. The molecule has 2 aliphatic rings. The third-order valence-electron chi connectivity index (χ3n) is 5.27. The van der Waals surface area contributed by atoms with E-state index in [2.05, 4.69) is 4.90 Å². The van der Waals surface area contributed by atoms with Crippen LogP contribution in [-0.2, 0) is 20.9 Å². The number of piperazine rings is 1. The number of carbonyl (C=O) groups excluding carboxylic acids is 2. The van der Waals surface area contributed by atoms with Crippen LogP contribution in [0.4, 0.5) is 15.8 Å². The van der Waals surface area contributed by atoms with Gasteiger partial charge in [0.25, 0.3) is 0 Å². The highest BCUT2D eigenvalue weighted by Crippen LogP contribution is 2.34. The number of benzene rings is 2. The molecule has 0 atom stereocenters. The van der Waals surface area contributed by atoms with E-state index in [4.69, 9.17) is 27.9 Å². The van der Waals surface area contributed by atoms with Gasteiger partial charge in [0.1, 0.15) is 5.82 Å². The number of amides is 2. The zero-order chi connectivity index (χ0) is 21.3. The van der Waals surface area contributed by atoms with E-state index >= 15 is 0 Å². The van der Waals surface area contributed by atoms with Gasteiger partial charge in [0.15, 0.2) is 0 Å². The molecule has 9 heteroatoms. The lowest BCUT2D eigenvalue weighted by Gasteiger charge is -2.37. The second-order valence-corrected chi connectivity index (χ2v) is 8.00. The van der Waals surface area contributed by atoms with Crippen molar-refractivity contribution in [2.45, 2.75) is 6.54 Å². The topological polar surface area (TPSA) is 53.1 Å². The molecule has 2 saturated heterocycles. The Morgan fingerprint density at radius 1 is 0.900 bits per heavy atom. The second kappa shape index (κ2) is 8.79. The minimum absolute atomic E-state index is 0.142. The quantitative estimate of drug-likeness (QED) is 0.668. The summed E-state index contributed by atoms with van der Waals surface area (Å²) in [5, 5.41) is 0.713. The Morgan fingerprint density at radius 3 is 2.40 bits per heavy atom. The third kappa shape index (κ3) is 4.24. The van der Waals surface area contributed by atoms with Gasteiger partial charge >= 0.3 is 11.8 Å². The molecule has 6 nitrogen and oxygen atoms in total. The Balaban J connectivity index is 1.56. The van der Waals surface area contributed by atoms with E-state index in [1.807, 2.05) is 6.07 Å². The summed E-state index contributed by atoms with van der Waals surface area (Å²) >= 11 is 12.3. The summed E-state index contributed by atoms with van der Waals surface area (Å²) in [7, 11) is 0. The van der Waals surface area contributed by atoms with E-state index in [0.717, 1.165) is 5.69 Å². The highest BCUT2D eigenvalue weighted by atomic mass is 35.5. The van der Waals surface area contributed by atoms with E-state index < -0.39 is 17.6 Å². The molecule has 0 radical (unpaired) electrons. The predicted octanol–water partition coefficient (Wildman–Crippen LogP) is 3.34. The van der Waals surface area contributed by atoms with Crippen LogP contribution in [0.5, 0.6) is 0 Å². The molecule has 0 N–H and O–H groups in total. The molecule has 2 aliphatic heterocycles. The van der Waals surface area contributed by atoms with Crippen LogP contribution in [0.1, 0.15) is 5.56 Å². The largest absolute Gasteiger partial charge is 0.378 e. The first-order chi connectivity index (χ1) is 14.4. The van der Waals surface area contributed by atoms with E-state index in [1.165, 1.54) is 28.0 Å². The molecule has 0 aromatic heterocycles. The summed E-state index contributed by atoms with van der Waals surface area (Å²) in [6.45, 7) is 3.37. The molecule has 2 fully saturated rings. The Morgan fingerprint density at radius 2 is 1.67 bits per heavy atom. The number of hydrogen-bond donors (Lipinski definition) is 0. The molecular weight excluding hydrogens is 432 g/mol. The molecule has 2 heterocycles. The van der Waals surface area contributed by atoms with Gasteiger partial charge in [-0.3, -0.25) is 9.59 Å². The van der Waals surface area contributed by atoms with Gasteiger partial charge < -0.3 is 19.4 Å². The molecule has 0 aliphatic carbocycles. The fraction of sp³-hybridized carbons (Fsp3) is 0.333. The number of rotatable bonds is 4. The smallest absolute Gasteiger partial charge is 0.316 e. The van der Waals surface area contributed by atoms with Gasteiger partial charge in [0, 0.05) is 42.8 Å². The monoisotopic (exact) mass is 451 g/mol. The van der Waals surface area contributed by atoms with Crippen molar-refractivity contribution in [1.82, 2.24) is 4.90 Å². The van der Waals surface area contributed by atoms with Crippen LogP contribution >= 0.6 is 23.2 Å². The Hall–Kier alpha value is -2.35. The molecule has 2 aromatic carbocycles. The van der Waals surface area contributed by atoms with E-state index in [9.17, 15) is 14.0 Å². The van der Waals surface area contributed by atoms with Crippen LogP contribution in [0.15, 0.2) is 36.4 Å². The number of hydrogen-bond acceptors (Lipinski definition) is 4. The molecular formula is C21H20Cl2FN3O3. The van der Waals surface area contributed by atoms with Crippen LogP contribution < -0.4 is 9.80 Å². The van der Waals surface area contributed by atoms with Crippen LogP contribution in [0, 0.1) is 5.82 Å². The number of ether oxygens (including phenoxy) is 1. The molecule has 0 saturated carbocycles. The van der Waals surface area contributed by atoms with Gasteiger partial charge in [-0.2, -0.15) is 0 Å². The Labute approximate surface area is 183 Å². The van der Waals surface area contributed by atoms with Gasteiger partial charge in [-0.25, -0.2) is 4.39 Å². The minimum Gasteiger partial charge on any atom is -0.378 e. The lowest BCUT2D eigenvalue weighted by Crippen LogP contribution is -2.54. The van der Waals surface area contributed by atoms with E-state index in [-0.39, 0.29) is 11.6 Å². The zero-order valence-corrected chi connectivity index (χ0v) is 17.6. The van der Waals surface area contributed by atoms with Gasteiger partial charge in [-0.05, 0) is 35.9 Å². The lowest BCUT2D eigenvalue weighted by molar-refractivity contribution is -0.146. The normalized spacial score (nSPS) is 17.6. The van der Waals surface area contributed by atoms with Crippen molar-refractivity contribution in [1.29, 1.82) is 0 Å². The zero-order valence-electron chi connectivity index (χ0n) is 16.1. The van der Waals surface area contributed by atoms with E-state index in [0.29, 0.717) is 55.7 Å². The molecule has 2 aromatic rings. The van der Waals surface area contributed by atoms with Crippen molar-refractivity contribution in [2.75, 3.05) is 49.2 Å². The number of anilines is 2. The number of carbonyl (C=O) groups is 2. The summed E-state index contributed by atoms with van der Waals surface area (Å²) in [5.74, 6) is -1.71. The molecule has 0 bridgehead atoms. The molecule has 0 spiro atoms. The summed E-state index contributed by atoms with van der Waals surface area (Å²) in [6, 6.07) is 9.35. The maximum atomic E-state index is 13.3. The standard InChI is InChI=1S/C21H20Cl2FN3O3/c22-15-2-4-18(25-7-9-30-10-8-25)19(11-15)27-6-5-26(20(28)21(27)29)13-14-1-3-16(24)12-17(14)23/h1-4,11-12H,5-10,13H2. The van der Waals surface area contributed by atoms with Gasteiger partial charge in [0.2, 0.25) is 0 Å². The molecule has 0 unspecified atom stereocenters. The van der Waals surface area contributed by atoms with Crippen molar-refractivity contribution in [2.24, 2.45) is 0 Å². The maximum absolute atomic E-state index is 13.3. The summed E-state index contributed by atoms with van der Waals surface area (Å²) in [4.78, 5) is 30.8. The average molecular weight is 452 g/mol. The van der Waals surface area contributed by atoms with Crippen molar-refractivity contribution in [3.8, 4) is 0 Å². The van der Waals surface area contributed by atoms with Crippen LogP contribution in [-0.4, -0.2) is 56.1 Å². The highest BCUT2D eigenvalue weighted by molar-refractivity contribution is 6.41. The Kier molecular flexibility index (Phi) is 6.13. The molecule has 30 heavy (non-hydrogen) atoms. The fourth-order valence-corrected chi connectivity index (χ4v) is 4.09.